The van der Waals surface area contributed by atoms with Gasteiger partial charge >= 0.3 is 0 Å². The minimum Gasteiger partial charge on any atom is -0.508 e. The zero-order valence-corrected chi connectivity index (χ0v) is 20.6. The predicted octanol–water partition coefficient (Wildman–Crippen LogP) is 4.49. The molecule has 4 atom stereocenters. The van der Waals surface area contributed by atoms with E-state index in [1.54, 1.807) is 0 Å². The summed E-state index contributed by atoms with van der Waals surface area (Å²) in [5.41, 5.74) is 0.330. The third kappa shape index (κ3) is 3.97. The highest BCUT2D eigenvalue weighted by Crippen LogP contribution is 2.53. The van der Waals surface area contributed by atoms with Crippen molar-refractivity contribution < 1.29 is 49.7 Å². The lowest BCUT2D eigenvalue weighted by molar-refractivity contribution is 0.0129. The number of hydrogen-bond acceptors (Lipinski definition) is 10. The van der Waals surface area contributed by atoms with Gasteiger partial charge in [-0.25, -0.2) is 0 Å². The third-order valence-corrected chi connectivity index (χ3v) is 7.22. The molecule has 0 bridgehead atoms. The molecule has 2 aliphatic rings. The van der Waals surface area contributed by atoms with Crippen LogP contribution in [0.2, 0.25) is 0 Å². The van der Waals surface area contributed by atoms with Crippen LogP contribution in [0.15, 0.2) is 72.8 Å². The Kier molecular flexibility index (Phi) is 5.69. The molecule has 4 aromatic rings. The number of fused-ring (bicyclic) bond motifs is 2. The number of rotatable bonds is 3. The van der Waals surface area contributed by atoms with Gasteiger partial charge in [0.05, 0.1) is 11.8 Å². The Morgan fingerprint density at radius 3 is 1.18 bits per heavy atom. The fourth-order valence-electron chi connectivity index (χ4n) is 5.46. The van der Waals surface area contributed by atoms with Gasteiger partial charge in [0.15, 0.2) is 11.6 Å². The van der Waals surface area contributed by atoms with Gasteiger partial charge in [0.2, 0.25) is 0 Å². The third-order valence-electron chi connectivity index (χ3n) is 7.22. The summed E-state index contributed by atoms with van der Waals surface area (Å²) in [7, 11) is 0. The molecular weight excluding hydrogens is 520 g/mol. The maximum atomic E-state index is 14.2. The molecular formula is C30H22O10. The average molecular weight is 542 g/mol. The number of aromatic hydroxyl groups is 6. The van der Waals surface area contributed by atoms with Crippen LogP contribution in [0.1, 0.15) is 44.1 Å². The van der Waals surface area contributed by atoms with E-state index in [2.05, 4.69) is 0 Å². The monoisotopic (exact) mass is 542 g/mol. The van der Waals surface area contributed by atoms with Crippen molar-refractivity contribution in [2.75, 3.05) is 0 Å². The van der Waals surface area contributed by atoms with Gasteiger partial charge in [-0.15, -0.1) is 0 Å². The van der Waals surface area contributed by atoms with E-state index >= 15 is 0 Å². The molecule has 0 aliphatic carbocycles. The first kappa shape index (κ1) is 24.9. The number of benzene rings is 4. The van der Waals surface area contributed by atoms with E-state index in [0.717, 1.165) is 12.1 Å². The van der Waals surface area contributed by atoms with Gasteiger partial charge in [-0.05, 0) is 35.4 Å². The molecule has 0 unspecified atom stereocenters. The summed E-state index contributed by atoms with van der Waals surface area (Å²) in [6.07, 6.45) is -2.31. The van der Waals surface area contributed by atoms with Crippen molar-refractivity contribution in [2.24, 2.45) is 11.8 Å². The van der Waals surface area contributed by atoms with E-state index < -0.39 is 47.1 Å². The summed E-state index contributed by atoms with van der Waals surface area (Å²) in [5.74, 6) is -6.10. The minimum absolute atomic E-state index is 0.0455. The van der Waals surface area contributed by atoms with Crippen molar-refractivity contribution in [1.29, 1.82) is 0 Å². The maximum absolute atomic E-state index is 14.2. The fourth-order valence-corrected chi connectivity index (χ4v) is 5.46. The lowest BCUT2D eigenvalue weighted by Crippen LogP contribution is -2.45. The first-order chi connectivity index (χ1) is 19.1. The summed E-state index contributed by atoms with van der Waals surface area (Å²) >= 11 is 0. The van der Waals surface area contributed by atoms with E-state index in [9.17, 15) is 40.2 Å². The second kappa shape index (κ2) is 9.12. The number of ether oxygens (including phenoxy) is 2. The Morgan fingerprint density at radius 1 is 0.475 bits per heavy atom. The van der Waals surface area contributed by atoms with Gasteiger partial charge in [-0.2, -0.15) is 0 Å². The van der Waals surface area contributed by atoms with Crippen molar-refractivity contribution in [3.63, 3.8) is 0 Å². The van der Waals surface area contributed by atoms with Crippen LogP contribution in [-0.4, -0.2) is 42.2 Å². The Labute approximate surface area is 226 Å². The number of Topliss-reactive ketones (excluding diaryl/α,β-unsaturated/α-hetero) is 2. The van der Waals surface area contributed by atoms with Gasteiger partial charge in [0.25, 0.3) is 0 Å². The second-order valence-corrected chi connectivity index (χ2v) is 9.72. The van der Waals surface area contributed by atoms with Crippen LogP contribution < -0.4 is 9.47 Å². The highest BCUT2D eigenvalue weighted by atomic mass is 16.5. The summed E-state index contributed by atoms with van der Waals surface area (Å²) in [6.45, 7) is 0. The number of phenols is 6. The Bertz CT molecular complexity index is 1530. The van der Waals surface area contributed by atoms with Gasteiger partial charge < -0.3 is 40.1 Å². The smallest absolute Gasteiger partial charge is 0.178 e. The zero-order valence-electron chi connectivity index (χ0n) is 20.6. The lowest BCUT2D eigenvalue weighted by atomic mass is 9.69. The maximum Gasteiger partial charge on any atom is 0.178 e. The summed E-state index contributed by atoms with van der Waals surface area (Å²) in [6, 6.07) is 15.9. The van der Waals surface area contributed by atoms with Crippen LogP contribution in [0.3, 0.4) is 0 Å². The lowest BCUT2D eigenvalue weighted by Gasteiger charge is -2.42. The molecule has 0 fully saturated rings. The molecule has 10 nitrogen and oxygen atoms in total. The number of carbonyl (C=O) groups excluding carboxylic acids is 2. The first-order valence-electron chi connectivity index (χ1n) is 12.2. The molecule has 0 saturated heterocycles. The van der Waals surface area contributed by atoms with Crippen molar-refractivity contribution in [3.05, 3.63) is 95.1 Å². The molecule has 0 radical (unpaired) electrons. The molecule has 2 aliphatic heterocycles. The van der Waals surface area contributed by atoms with Crippen molar-refractivity contribution in [2.45, 2.75) is 12.2 Å². The van der Waals surface area contributed by atoms with Crippen LogP contribution >= 0.6 is 0 Å². The molecule has 2 heterocycles. The number of hydrogen-bond donors (Lipinski definition) is 6. The summed E-state index contributed by atoms with van der Waals surface area (Å²) in [4.78, 5) is 28.4. The van der Waals surface area contributed by atoms with E-state index in [-0.39, 0.29) is 45.6 Å². The van der Waals surface area contributed by atoms with Crippen LogP contribution in [0.5, 0.6) is 46.0 Å². The SMILES string of the molecule is O=C1c2c(O)cc(O)cc2O[C@H](c2ccc(O)cc2)[C@H]1[C@@H]1C(=O)c2c(O)cc(O)cc2O[C@H]1c1ccc(O)cc1. The van der Waals surface area contributed by atoms with Crippen LogP contribution in [0.25, 0.3) is 0 Å². The van der Waals surface area contributed by atoms with Gasteiger partial charge in [-0.1, -0.05) is 24.3 Å². The van der Waals surface area contributed by atoms with Gasteiger partial charge in [0.1, 0.15) is 69.3 Å². The molecule has 0 amide bonds. The number of phenolic OH excluding ortho intramolecular Hbond substituents is 6. The van der Waals surface area contributed by atoms with Crippen LogP contribution in [0.4, 0.5) is 0 Å². The molecule has 10 heteroatoms. The molecule has 4 aromatic carbocycles. The Hall–Kier alpha value is -5.38. The van der Waals surface area contributed by atoms with Crippen LogP contribution in [0, 0.1) is 11.8 Å². The highest BCUT2D eigenvalue weighted by Gasteiger charge is 2.53. The first-order valence-corrected chi connectivity index (χ1v) is 12.2. The van der Waals surface area contributed by atoms with Gasteiger partial charge in [0, 0.05) is 24.3 Å². The Morgan fingerprint density at radius 2 is 0.825 bits per heavy atom. The molecule has 0 saturated carbocycles. The van der Waals surface area contributed by atoms with Crippen molar-refractivity contribution in [1.82, 2.24) is 0 Å². The number of carbonyl (C=O) groups is 2. The van der Waals surface area contributed by atoms with Crippen LogP contribution in [-0.2, 0) is 0 Å². The average Bonchev–Trinajstić information content (AvgIpc) is 2.89. The molecule has 40 heavy (non-hydrogen) atoms. The van der Waals surface area contributed by atoms with E-state index in [4.69, 9.17) is 9.47 Å². The fraction of sp³-hybridized carbons (Fsp3) is 0.133. The topological polar surface area (TPSA) is 174 Å². The molecule has 6 rings (SSSR count). The van der Waals surface area contributed by atoms with Gasteiger partial charge in [-0.3, -0.25) is 9.59 Å². The molecule has 0 spiro atoms. The largest absolute Gasteiger partial charge is 0.508 e. The Balaban J connectivity index is 1.59. The van der Waals surface area contributed by atoms with E-state index in [1.165, 1.54) is 60.7 Å². The van der Waals surface area contributed by atoms with Crippen molar-refractivity contribution >= 4 is 11.6 Å². The van der Waals surface area contributed by atoms with E-state index in [1.807, 2.05) is 0 Å². The van der Waals surface area contributed by atoms with E-state index in [0.29, 0.717) is 11.1 Å². The minimum atomic E-state index is -1.33. The quantitative estimate of drug-likeness (QED) is 0.216. The molecule has 6 N–H and O–H groups in total. The summed E-state index contributed by atoms with van der Waals surface area (Å²) < 4.78 is 12.3. The molecule has 0 aromatic heterocycles. The summed E-state index contributed by atoms with van der Waals surface area (Å²) in [5, 5.41) is 61.1. The zero-order chi connectivity index (χ0) is 28.3. The predicted molar refractivity (Wildman–Crippen MR) is 138 cm³/mol. The van der Waals surface area contributed by atoms with Crippen molar-refractivity contribution in [3.8, 4) is 46.0 Å². The normalized spacial score (nSPS) is 21.6. The molecule has 202 valence electrons. The second-order valence-electron chi connectivity index (χ2n) is 9.72. The highest BCUT2D eigenvalue weighted by molar-refractivity contribution is 6.11. The number of ketones is 2. The standard InChI is InChI=1S/C30H22O10/c31-15-5-1-13(2-6-15)29-25(27(37)23-19(35)9-17(33)11-21(23)39-29)26-28(38)24-20(36)10-18(34)12-22(24)40-30(26)14-3-7-16(32)8-4-14/h1-12,25-26,29-36H/t25-,26+,29+,30-.